The fourth-order valence-corrected chi connectivity index (χ4v) is 5.28. The van der Waals surface area contributed by atoms with Crippen LogP contribution < -0.4 is 10.2 Å². The molecule has 0 bridgehead atoms. The molecule has 0 saturated heterocycles. The van der Waals surface area contributed by atoms with Gasteiger partial charge in [0.1, 0.15) is 22.4 Å². The molecule has 0 unspecified atom stereocenters. The summed E-state index contributed by atoms with van der Waals surface area (Å²) < 4.78 is 6.13. The Morgan fingerprint density at radius 3 is 2.38 bits per heavy atom. The molecule has 192 valence electrons. The van der Waals surface area contributed by atoms with Crippen LogP contribution >= 0.6 is 23.4 Å². The zero-order valence-corrected chi connectivity index (χ0v) is 21.8. The van der Waals surface area contributed by atoms with E-state index in [1.807, 2.05) is 66.1 Å². The zero-order valence-electron chi connectivity index (χ0n) is 20.2. The smallest absolute Gasteiger partial charge is 0.270 e. The fourth-order valence-electron chi connectivity index (χ4n) is 4.00. The number of nitrogens with one attached hydrogen (secondary N) is 1. The number of halogens is 1. The Bertz CT molecular complexity index is 1660. The zero-order chi connectivity index (χ0) is 27.4. The molecule has 39 heavy (non-hydrogen) atoms. The van der Waals surface area contributed by atoms with Crippen molar-refractivity contribution in [3.05, 3.63) is 133 Å². The molecule has 1 aliphatic rings. The van der Waals surface area contributed by atoms with Crippen LogP contribution in [0.15, 0.2) is 111 Å². The van der Waals surface area contributed by atoms with Gasteiger partial charge >= 0.3 is 0 Å². The minimum atomic E-state index is -0.516. The lowest BCUT2D eigenvalue weighted by Gasteiger charge is -2.23. The van der Waals surface area contributed by atoms with Crippen molar-refractivity contribution in [2.24, 2.45) is 0 Å². The van der Waals surface area contributed by atoms with Gasteiger partial charge in [0.15, 0.2) is 5.76 Å². The number of furan rings is 1. The van der Waals surface area contributed by atoms with E-state index in [9.17, 15) is 20.2 Å². The van der Waals surface area contributed by atoms with E-state index in [-0.39, 0.29) is 22.8 Å². The summed E-state index contributed by atoms with van der Waals surface area (Å²) in [4.78, 5) is 25.5. The van der Waals surface area contributed by atoms with E-state index in [1.165, 1.54) is 30.0 Å². The van der Waals surface area contributed by atoms with Gasteiger partial charge in [-0.1, -0.05) is 71.9 Å². The first kappa shape index (κ1) is 25.9. The average Bonchev–Trinajstić information content (AvgIpc) is 3.61. The predicted molar refractivity (Wildman–Crippen MR) is 151 cm³/mol. The summed E-state index contributed by atoms with van der Waals surface area (Å²) >= 11 is 7.56. The van der Waals surface area contributed by atoms with Gasteiger partial charge in [-0.2, -0.15) is 5.26 Å². The third-order valence-corrected chi connectivity index (χ3v) is 7.14. The van der Waals surface area contributed by atoms with E-state index in [1.54, 1.807) is 17.0 Å². The third kappa shape index (κ3) is 5.43. The number of benzene rings is 3. The summed E-state index contributed by atoms with van der Waals surface area (Å²) in [7, 11) is 0. The van der Waals surface area contributed by atoms with E-state index >= 15 is 0 Å². The summed E-state index contributed by atoms with van der Waals surface area (Å²) in [5.41, 5.74) is 2.62. The highest BCUT2D eigenvalue weighted by molar-refractivity contribution is 8.06. The van der Waals surface area contributed by atoms with E-state index in [2.05, 4.69) is 11.4 Å². The molecule has 0 saturated carbocycles. The van der Waals surface area contributed by atoms with Gasteiger partial charge in [0.2, 0.25) is 0 Å². The van der Waals surface area contributed by atoms with Crippen molar-refractivity contribution in [3.63, 3.8) is 0 Å². The highest BCUT2D eigenvalue weighted by Crippen LogP contribution is 2.45. The summed E-state index contributed by atoms with van der Waals surface area (Å²) in [6.45, 7) is 0.284. The number of carbonyl (C=O) groups is 1. The maximum absolute atomic E-state index is 13.1. The summed E-state index contributed by atoms with van der Waals surface area (Å²) in [5.74, 6) is 0.396. The highest BCUT2D eigenvalue weighted by Gasteiger charge is 2.31. The maximum Gasteiger partial charge on any atom is 0.270 e. The first-order valence-corrected chi connectivity index (χ1v) is 12.9. The molecule has 0 aliphatic carbocycles. The number of hydrogen-bond acceptors (Lipinski definition) is 7. The molecule has 3 aromatic carbocycles. The van der Waals surface area contributed by atoms with Crippen LogP contribution in [0.3, 0.4) is 0 Å². The Morgan fingerprint density at radius 2 is 1.72 bits per heavy atom. The van der Waals surface area contributed by atoms with Crippen LogP contribution in [-0.2, 0) is 11.3 Å². The van der Waals surface area contributed by atoms with Crippen LogP contribution in [-0.4, -0.2) is 10.8 Å². The van der Waals surface area contributed by atoms with Crippen LogP contribution in [0.25, 0.3) is 17.0 Å². The molecule has 0 fully saturated rings. The van der Waals surface area contributed by atoms with Gasteiger partial charge in [0.25, 0.3) is 11.6 Å². The number of amides is 1. The molecule has 4 aromatic rings. The van der Waals surface area contributed by atoms with Gasteiger partial charge in [-0.3, -0.25) is 19.8 Å². The summed E-state index contributed by atoms with van der Waals surface area (Å²) in [5, 5.41) is 26.3. The quantitative estimate of drug-likeness (QED) is 0.112. The van der Waals surface area contributed by atoms with Crippen molar-refractivity contribution in [2.45, 2.75) is 6.54 Å². The van der Waals surface area contributed by atoms with Gasteiger partial charge in [-0.25, -0.2) is 0 Å². The fraction of sp³-hybridized carbons (Fsp3) is 0.0345. The van der Waals surface area contributed by atoms with Crippen LogP contribution in [0.2, 0.25) is 5.02 Å². The second kappa shape index (κ2) is 11.3. The number of nitrogens with zero attached hydrogens (tertiary/aromatic N) is 3. The molecule has 2 heterocycles. The van der Waals surface area contributed by atoms with E-state index in [0.29, 0.717) is 27.8 Å². The lowest BCUT2D eigenvalue weighted by Crippen LogP contribution is -2.27. The number of anilines is 1. The Labute approximate surface area is 233 Å². The molecular formula is C29H19ClN4O4S. The standard InChI is InChI=1S/C29H19ClN4O4S/c30-24-15-21(34(36)37)11-12-22(24)26-13-14-27(38-26)25-18-39-29(33(25)20-9-5-2-6-10-20)23(16-31)28(35)32-17-19-7-3-1-4-8-19/h1-15,18H,17H2,(H,32,35)/b29-23-. The second-order valence-electron chi connectivity index (χ2n) is 8.34. The molecule has 1 amide bonds. The predicted octanol–water partition coefficient (Wildman–Crippen LogP) is 7.11. The number of rotatable bonds is 7. The Morgan fingerprint density at radius 1 is 1.03 bits per heavy atom. The third-order valence-electron chi connectivity index (χ3n) is 5.88. The van der Waals surface area contributed by atoms with Crippen LogP contribution in [0.1, 0.15) is 11.3 Å². The van der Waals surface area contributed by atoms with Gasteiger partial charge < -0.3 is 9.73 Å². The molecule has 10 heteroatoms. The number of hydrogen-bond donors (Lipinski definition) is 1. The minimum absolute atomic E-state index is 0.0313. The van der Waals surface area contributed by atoms with Crippen molar-refractivity contribution in [3.8, 4) is 17.4 Å². The topological polar surface area (TPSA) is 112 Å². The van der Waals surface area contributed by atoms with Crippen molar-refractivity contribution in [1.82, 2.24) is 5.32 Å². The van der Waals surface area contributed by atoms with Crippen LogP contribution in [0, 0.1) is 21.4 Å². The summed E-state index contributed by atoms with van der Waals surface area (Å²) in [6.07, 6.45) is 0. The van der Waals surface area contributed by atoms with Crippen molar-refractivity contribution in [1.29, 1.82) is 5.26 Å². The van der Waals surface area contributed by atoms with Gasteiger partial charge in [-0.15, -0.1) is 0 Å². The van der Waals surface area contributed by atoms with E-state index in [0.717, 1.165) is 11.3 Å². The average molecular weight is 555 g/mol. The van der Waals surface area contributed by atoms with Crippen molar-refractivity contribution >= 4 is 46.3 Å². The number of thioether (sulfide) groups is 1. The van der Waals surface area contributed by atoms with E-state index < -0.39 is 10.8 Å². The van der Waals surface area contributed by atoms with Crippen molar-refractivity contribution in [2.75, 3.05) is 4.90 Å². The number of non-ortho nitro benzene ring substituents is 1. The maximum atomic E-state index is 13.1. The van der Waals surface area contributed by atoms with Gasteiger partial charge in [-0.05, 0) is 35.9 Å². The molecule has 1 aromatic heterocycles. The molecule has 1 aliphatic heterocycles. The number of para-hydroxylation sites is 1. The van der Waals surface area contributed by atoms with Gasteiger partial charge in [0.05, 0.1) is 15.6 Å². The number of nitro benzene ring substituents is 1. The normalized spacial score (nSPS) is 13.9. The Kier molecular flexibility index (Phi) is 7.50. The number of carbonyl (C=O) groups excluding carboxylic acids is 1. The number of nitro groups is 1. The first-order chi connectivity index (χ1) is 19.0. The molecular weight excluding hydrogens is 536 g/mol. The molecule has 5 rings (SSSR count). The van der Waals surface area contributed by atoms with Crippen LogP contribution in [0.4, 0.5) is 11.4 Å². The lowest BCUT2D eigenvalue weighted by atomic mass is 10.1. The lowest BCUT2D eigenvalue weighted by molar-refractivity contribution is -0.384. The van der Waals surface area contributed by atoms with Gasteiger partial charge in [0, 0.05) is 35.3 Å². The Balaban J connectivity index is 1.48. The highest BCUT2D eigenvalue weighted by atomic mass is 35.5. The van der Waals surface area contributed by atoms with Crippen LogP contribution in [0.5, 0.6) is 0 Å². The molecule has 1 N–H and O–H groups in total. The molecule has 8 nitrogen and oxygen atoms in total. The Hall–Kier alpha value is -4.78. The second-order valence-corrected chi connectivity index (χ2v) is 9.60. The first-order valence-electron chi connectivity index (χ1n) is 11.7. The molecule has 0 radical (unpaired) electrons. The monoisotopic (exact) mass is 554 g/mol. The molecule has 0 atom stereocenters. The summed E-state index contributed by atoms with van der Waals surface area (Å²) in [6, 6.07) is 28.5. The largest absolute Gasteiger partial charge is 0.454 e. The van der Waals surface area contributed by atoms with E-state index in [4.69, 9.17) is 16.0 Å². The molecule has 0 spiro atoms. The van der Waals surface area contributed by atoms with Crippen molar-refractivity contribution < 1.29 is 14.1 Å². The SMILES string of the molecule is N#C/C(C(=O)NCc1ccccc1)=C1/SC=C(c2ccc(-c3ccc([N+](=O)[O-])cc3Cl)o2)N1c1ccccc1. The number of nitriles is 1. The minimum Gasteiger partial charge on any atom is -0.454 e.